The average Bonchev–Trinajstić information content (AvgIpc) is 2.38. The summed E-state index contributed by atoms with van der Waals surface area (Å²) in [5, 5.41) is 0. The third-order valence-electron chi connectivity index (χ3n) is 3.00. The van der Waals surface area contributed by atoms with E-state index in [0.717, 1.165) is 0 Å². The maximum atomic E-state index is 12.0. The van der Waals surface area contributed by atoms with Crippen LogP contribution in [0, 0.1) is 11.3 Å². The van der Waals surface area contributed by atoms with Gasteiger partial charge in [-0.2, -0.15) is 9.58 Å². The highest BCUT2D eigenvalue weighted by Crippen LogP contribution is 2.37. The molecule has 1 aliphatic rings. The lowest BCUT2D eigenvalue weighted by atomic mass is 9.66. The summed E-state index contributed by atoms with van der Waals surface area (Å²) in [7, 11) is 0. The van der Waals surface area contributed by atoms with Crippen molar-refractivity contribution >= 4 is 24.0 Å². The van der Waals surface area contributed by atoms with Crippen LogP contribution in [0.2, 0.25) is 0 Å². The second-order valence-corrected chi connectivity index (χ2v) is 3.85. The first kappa shape index (κ1) is 13.6. The van der Waals surface area contributed by atoms with Crippen LogP contribution in [0.15, 0.2) is 24.3 Å². The fourth-order valence-electron chi connectivity index (χ4n) is 2.11. The molecule has 0 amide bonds. The number of carbonyl (C=O) groups excluding carboxylic acids is 2. The molecule has 0 radical (unpaired) electrons. The van der Waals surface area contributed by atoms with Crippen molar-refractivity contribution in [2.24, 2.45) is 11.3 Å². The molecule has 0 N–H and O–H groups in total. The van der Waals surface area contributed by atoms with Gasteiger partial charge in [0.15, 0.2) is 0 Å². The number of nitrogens with zero attached hydrogens (tertiary/aromatic N) is 4. The molecule has 0 aromatic carbocycles. The monoisotopic (exact) mass is 244 g/mol. The number of rotatable bonds is 5. The van der Waals surface area contributed by atoms with E-state index in [2.05, 4.69) is 9.58 Å². The molecule has 6 heteroatoms. The zero-order chi connectivity index (χ0) is 13.6. The summed E-state index contributed by atoms with van der Waals surface area (Å²) in [4.78, 5) is 29.4. The quantitative estimate of drug-likeness (QED) is 0.309. The smallest absolute Gasteiger partial charge is 0.324 e. The van der Waals surface area contributed by atoms with Crippen molar-refractivity contribution in [1.29, 1.82) is 0 Å². The Morgan fingerprint density at radius 3 is 2.22 bits per heavy atom. The minimum atomic E-state index is -1.50. The van der Waals surface area contributed by atoms with E-state index in [-0.39, 0.29) is 5.92 Å². The van der Waals surface area contributed by atoms with Crippen LogP contribution in [-0.4, -0.2) is 33.6 Å². The van der Waals surface area contributed by atoms with Crippen LogP contribution in [0.1, 0.15) is 13.3 Å². The van der Waals surface area contributed by atoms with Gasteiger partial charge in [-0.15, -0.1) is 0 Å². The molecule has 18 heavy (non-hydrogen) atoms. The molecule has 0 aromatic rings. The highest BCUT2D eigenvalue weighted by molar-refractivity contribution is 6.44. The van der Waals surface area contributed by atoms with Gasteiger partial charge in [0.1, 0.15) is 5.41 Å². The van der Waals surface area contributed by atoms with Gasteiger partial charge in [0.05, 0.1) is 0 Å². The third kappa shape index (κ3) is 2.15. The Balaban J connectivity index is 3.41. The van der Waals surface area contributed by atoms with Crippen LogP contribution >= 0.6 is 0 Å². The highest BCUT2D eigenvalue weighted by atomic mass is 16.2. The van der Waals surface area contributed by atoms with Crippen molar-refractivity contribution in [2.45, 2.75) is 13.3 Å². The third-order valence-corrected chi connectivity index (χ3v) is 3.00. The van der Waals surface area contributed by atoms with Crippen molar-refractivity contribution < 1.29 is 19.2 Å². The molecule has 1 aliphatic carbocycles. The minimum Gasteiger partial charge on any atom is -0.361 e. The van der Waals surface area contributed by atoms with E-state index in [4.69, 9.17) is 11.1 Å². The molecule has 92 valence electrons. The van der Waals surface area contributed by atoms with Crippen molar-refractivity contribution in [3.8, 4) is 0 Å². The molecular formula is C12H12N4O2. The fourth-order valence-corrected chi connectivity index (χ4v) is 2.11. The van der Waals surface area contributed by atoms with E-state index in [0.29, 0.717) is 18.9 Å². The Morgan fingerprint density at radius 2 is 1.78 bits per heavy atom. The number of allylic oxidation sites excluding steroid dienone is 4. The molecule has 0 aliphatic heterocycles. The molecule has 0 heterocycles. The van der Waals surface area contributed by atoms with Crippen molar-refractivity contribution in [1.82, 2.24) is 0 Å². The van der Waals surface area contributed by atoms with E-state index >= 15 is 0 Å². The lowest BCUT2D eigenvalue weighted by Gasteiger charge is -2.30. The van der Waals surface area contributed by atoms with Crippen LogP contribution in [0.5, 0.6) is 0 Å². The van der Waals surface area contributed by atoms with E-state index in [1.54, 1.807) is 18.2 Å². The normalized spacial score (nSPS) is 24.8. The predicted molar refractivity (Wildman–Crippen MR) is 63.9 cm³/mol. The summed E-state index contributed by atoms with van der Waals surface area (Å²) in [6.07, 6.45) is 8.39. The summed E-state index contributed by atoms with van der Waals surface area (Å²) >= 11 is 0. The summed E-state index contributed by atoms with van der Waals surface area (Å²) in [5.41, 5.74) is 15.4. The standard InChI is InChI=1S/C12H12N4O2/c1-2-9-5-3-4-6-12(9,10(17)7-15-13)11(18)8-16-14/h3-9H,2H2,1H3. The van der Waals surface area contributed by atoms with E-state index in [1.165, 1.54) is 6.08 Å². The van der Waals surface area contributed by atoms with Gasteiger partial charge in [0.2, 0.25) is 0 Å². The SMILES string of the molecule is CCC1C=CC=CC1(C(=O)C=[N+]=[N-])C(=O)C=[N+]=[N-]. The summed E-state index contributed by atoms with van der Waals surface area (Å²) in [5.74, 6) is -1.68. The van der Waals surface area contributed by atoms with E-state index < -0.39 is 17.0 Å². The molecule has 1 atom stereocenters. The Hall–Kier alpha value is -2.42. The Labute approximate surface area is 104 Å². The van der Waals surface area contributed by atoms with E-state index in [9.17, 15) is 9.59 Å². The molecule has 0 saturated carbocycles. The Morgan fingerprint density at radius 1 is 1.22 bits per heavy atom. The largest absolute Gasteiger partial charge is 0.361 e. The first-order chi connectivity index (χ1) is 8.63. The van der Waals surface area contributed by atoms with Crippen LogP contribution in [0.25, 0.3) is 11.1 Å². The molecule has 1 unspecified atom stereocenters. The zero-order valence-electron chi connectivity index (χ0n) is 9.85. The van der Waals surface area contributed by atoms with E-state index in [1.807, 2.05) is 6.92 Å². The molecule has 0 fully saturated rings. The Bertz CT molecular complexity index is 490. The zero-order valence-corrected chi connectivity index (χ0v) is 9.85. The van der Waals surface area contributed by atoms with Gasteiger partial charge >= 0.3 is 12.4 Å². The van der Waals surface area contributed by atoms with Crippen LogP contribution in [-0.2, 0) is 9.59 Å². The molecular weight excluding hydrogens is 232 g/mol. The number of hydrogen-bond acceptors (Lipinski definition) is 2. The summed E-state index contributed by atoms with van der Waals surface area (Å²) in [6, 6.07) is 0. The second-order valence-electron chi connectivity index (χ2n) is 3.85. The predicted octanol–water partition coefficient (Wildman–Crippen LogP) is 0.864. The van der Waals surface area contributed by atoms with Gasteiger partial charge in [-0.05, 0) is 6.42 Å². The molecule has 0 saturated heterocycles. The fraction of sp³-hybridized carbons (Fsp3) is 0.333. The number of Topliss-reactive ketones (excluding diaryl/α,β-unsaturated/α-hetero) is 2. The maximum Gasteiger partial charge on any atom is 0.324 e. The van der Waals surface area contributed by atoms with Gasteiger partial charge in [-0.1, -0.05) is 31.2 Å². The van der Waals surface area contributed by atoms with Crippen LogP contribution in [0.3, 0.4) is 0 Å². The molecule has 0 bridgehead atoms. The Kier molecular flexibility index (Phi) is 4.38. The van der Waals surface area contributed by atoms with Gasteiger partial charge < -0.3 is 11.1 Å². The lowest BCUT2D eigenvalue weighted by molar-refractivity contribution is -0.135. The topological polar surface area (TPSA) is 107 Å². The van der Waals surface area contributed by atoms with Gasteiger partial charge in [-0.3, -0.25) is 9.59 Å². The number of ketones is 2. The lowest BCUT2D eigenvalue weighted by Crippen LogP contribution is -2.46. The van der Waals surface area contributed by atoms with Crippen LogP contribution < -0.4 is 0 Å². The van der Waals surface area contributed by atoms with Crippen molar-refractivity contribution in [3.63, 3.8) is 0 Å². The molecule has 6 nitrogen and oxygen atoms in total. The summed E-state index contributed by atoms with van der Waals surface area (Å²) in [6.45, 7) is 1.83. The molecule has 0 spiro atoms. The maximum absolute atomic E-state index is 12.0. The van der Waals surface area contributed by atoms with Gasteiger partial charge in [0, 0.05) is 5.92 Å². The second kappa shape index (κ2) is 5.77. The summed E-state index contributed by atoms with van der Waals surface area (Å²) < 4.78 is 0. The number of hydrogen-bond donors (Lipinski definition) is 0. The average molecular weight is 244 g/mol. The van der Waals surface area contributed by atoms with Gasteiger partial charge in [-0.25, -0.2) is 0 Å². The molecule has 0 aromatic heterocycles. The first-order valence-corrected chi connectivity index (χ1v) is 5.43. The van der Waals surface area contributed by atoms with Crippen LogP contribution in [0.4, 0.5) is 0 Å². The highest BCUT2D eigenvalue weighted by Gasteiger charge is 2.50. The minimum absolute atomic E-state index is 0.376. The van der Waals surface area contributed by atoms with Crippen molar-refractivity contribution in [2.75, 3.05) is 0 Å². The van der Waals surface area contributed by atoms with Crippen molar-refractivity contribution in [3.05, 3.63) is 35.4 Å². The molecule has 1 rings (SSSR count). The van der Waals surface area contributed by atoms with Gasteiger partial charge in [0.25, 0.3) is 11.6 Å². The number of carbonyl (C=O) groups is 2. The first-order valence-electron chi connectivity index (χ1n) is 5.43.